The van der Waals surface area contributed by atoms with Crippen LogP contribution in [-0.4, -0.2) is 64.1 Å². The summed E-state index contributed by atoms with van der Waals surface area (Å²) in [5.74, 6) is 0.344. The topological polar surface area (TPSA) is 99.6 Å². The van der Waals surface area contributed by atoms with Crippen molar-refractivity contribution < 1.29 is 19.0 Å². The maximum Gasteiger partial charge on any atom is 0.410 e. The Labute approximate surface area is 169 Å². The van der Waals surface area contributed by atoms with Crippen LogP contribution >= 0.6 is 0 Å². The molecule has 9 nitrogen and oxygen atoms in total. The van der Waals surface area contributed by atoms with Gasteiger partial charge in [0, 0.05) is 24.8 Å². The maximum atomic E-state index is 12.4. The molecule has 3 heterocycles. The van der Waals surface area contributed by atoms with Crippen molar-refractivity contribution in [2.75, 3.05) is 27.3 Å². The Morgan fingerprint density at radius 2 is 1.90 bits per heavy atom. The Hall–Kier alpha value is -3.23. The summed E-state index contributed by atoms with van der Waals surface area (Å²) in [4.78, 5) is 22.3. The van der Waals surface area contributed by atoms with Crippen LogP contribution in [-0.2, 0) is 4.74 Å². The third-order valence-electron chi connectivity index (χ3n) is 4.28. The fourth-order valence-electron chi connectivity index (χ4n) is 2.91. The van der Waals surface area contributed by atoms with Crippen molar-refractivity contribution in [3.05, 3.63) is 29.6 Å². The van der Waals surface area contributed by atoms with Crippen LogP contribution in [0.5, 0.6) is 11.9 Å². The zero-order valence-corrected chi connectivity index (χ0v) is 17.5. The molecule has 0 atom stereocenters. The lowest BCUT2D eigenvalue weighted by atomic mass is 10.0. The largest absolute Gasteiger partial charge is 0.480 e. The Balaban J connectivity index is 1.87. The molecular weight excluding hydrogens is 374 g/mol. The molecule has 3 rings (SSSR count). The number of rotatable bonds is 4. The van der Waals surface area contributed by atoms with Crippen LogP contribution in [0, 0.1) is 6.92 Å². The molecule has 0 saturated heterocycles. The first kappa shape index (κ1) is 20.5. The van der Waals surface area contributed by atoms with Crippen molar-refractivity contribution in [2.45, 2.75) is 33.3 Å². The fourth-order valence-corrected chi connectivity index (χ4v) is 2.91. The number of nitrogens with zero attached hydrogens (tertiary/aromatic N) is 5. The van der Waals surface area contributed by atoms with Crippen molar-refractivity contribution in [1.29, 1.82) is 0 Å². The minimum absolute atomic E-state index is 0.206. The summed E-state index contributed by atoms with van der Waals surface area (Å²) in [5.41, 5.74) is 3.29. The smallest absolute Gasteiger partial charge is 0.410 e. The van der Waals surface area contributed by atoms with Gasteiger partial charge in [0.1, 0.15) is 11.3 Å². The van der Waals surface area contributed by atoms with Gasteiger partial charge in [-0.15, -0.1) is 5.10 Å². The molecule has 1 amide bonds. The molecule has 0 aromatic carbocycles. The van der Waals surface area contributed by atoms with Gasteiger partial charge in [0.2, 0.25) is 5.88 Å². The Kier molecular flexibility index (Phi) is 5.67. The zero-order chi connectivity index (χ0) is 21.2. The van der Waals surface area contributed by atoms with Gasteiger partial charge in [0.15, 0.2) is 0 Å². The lowest BCUT2D eigenvalue weighted by Crippen LogP contribution is -2.35. The molecule has 0 spiro atoms. The summed E-state index contributed by atoms with van der Waals surface area (Å²) in [6, 6.07) is 2.11. The molecule has 2 aromatic heterocycles. The van der Waals surface area contributed by atoms with Gasteiger partial charge in [-0.25, -0.2) is 9.78 Å². The van der Waals surface area contributed by atoms with Crippen molar-refractivity contribution in [1.82, 2.24) is 25.1 Å². The van der Waals surface area contributed by atoms with E-state index in [4.69, 9.17) is 14.2 Å². The van der Waals surface area contributed by atoms with Crippen molar-refractivity contribution in [3.8, 4) is 23.1 Å². The van der Waals surface area contributed by atoms with Crippen molar-refractivity contribution >= 4 is 11.7 Å². The van der Waals surface area contributed by atoms with E-state index in [-0.39, 0.29) is 12.1 Å². The molecule has 0 bridgehead atoms. The highest BCUT2D eigenvalue weighted by atomic mass is 16.6. The fraction of sp³-hybridized carbons (Fsp3) is 0.450. The second-order valence-corrected chi connectivity index (χ2v) is 7.60. The molecule has 1 aliphatic rings. The van der Waals surface area contributed by atoms with E-state index in [0.29, 0.717) is 30.2 Å². The first-order valence-corrected chi connectivity index (χ1v) is 9.19. The number of aryl methyl sites for hydroxylation is 1. The third kappa shape index (κ3) is 4.61. The van der Waals surface area contributed by atoms with Gasteiger partial charge in [-0.2, -0.15) is 10.1 Å². The van der Waals surface area contributed by atoms with E-state index in [9.17, 15) is 4.79 Å². The Morgan fingerprint density at radius 3 is 2.55 bits per heavy atom. The number of carbonyl (C=O) groups is 1. The van der Waals surface area contributed by atoms with E-state index in [1.807, 2.05) is 39.8 Å². The number of hydrogen-bond donors (Lipinski definition) is 0. The van der Waals surface area contributed by atoms with Crippen LogP contribution in [0.1, 0.15) is 32.0 Å². The van der Waals surface area contributed by atoms with Gasteiger partial charge in [0.05, 0.1) is 25.5 Å². The molecule has 0 fully saturated rings. The lowest BCUT2D eigenvalue weighted by molar-refractivity contribution is 0.0306. The van der Waals surface area contributed by atoms with Gasteiger partial charge in [-0.1, -0.05) is 6.08 Å². The molecule has 9 heteroatoms. The van der Waals surface area contributed by atoms with Crippen LogP contribution in [0.15, 0.2) is 18.3 Å². The molecule has 1 aliphatic heterocycles. The predicted octanol–water partition coefficient (Wildman–Crippen LogP) is 2.89. The minimum atomic E-state index is -0.536. The average molecular weight is 399 g/mol. The van der Waals surface area contributed by atoms with Gasteiger partial charge in [-0.05, 0) is 39.3 Å². The quantitative estimate of drug-likeness (QED) is 0.774. The van der Waals surface area contributed by atoms with E-state index in [0.717, 1.165) is 16.8 Å². The first-order chi connectivity index (χ1) is 13.7. The van der Waals surface area contributed by atoms with Crippen LogP contribution in [0.3, 0.4) is 0 Å². The van der Waals surface area contributed by atoms with Crippen LogP contribution in [0.4, 0.5) is 4.79 Å². The monoisotopic (exact) mass is 399 g/mol. The predicted molar refractivity (Wildman–Crippen MR) is 107 cm³/mol. The minimum Gasteiger partial charge on any atom is -0.480 e. The van der Waals surface area contributed by atoms with Crippen LogP contribution in [0.25, 0.3) is 16.8 Å². The van der Waals surface area contributed by atoms with E-state index < -0.39 is 5.60 Å². The van der Waals surface area contributed by atoms with E-state index >= 15 is 0 Å². The first-order valence-electron chi connectivity index (χ1n) is 9.19. The normalized spacial score (nSPS) is 13.9. The zero-order valence-electron chi connectivity index (χ0n) is 17.5. The molecule has 29 heavy (non-hydrogen) atoms. The van der Waals surface area contributed by atoms with Gasteiger partial charge in [-0.3, -0.25) is 0 Å². The summed E-state index contributed by atoms with van der Waals surface area (Å²) in [6.45, 7) is 8.35. The maximum absolute atomic E-state index is 12.4. The standard InChI is InChI=1S/C20H25N5O4/c1-12-14(13-7-8-25(11-13)19(26)29-20(2,3)4)9-16(24-23-12)15-10-21-18(28-6)22-17(15)27-5/h7,9-10H,8,11H2,1-6H3. The number of hydrogen-bond acceptors (Lipinski definition) is 8. The highest BCUT2D eigenvalue weighted by Gasteiger charge is 2.27. The van der Waals surface area contributed by atoms with E-state index in [1.54, 1.807) is 11.1 Å². The molecule has 0 N–H and O–H groups in total. The summed E-state index contributed by atoms with van der Waals surface area (Å²) in [7, 11) is 3.01. The number of aromatic nitrogens is 4. The summed E-state index contributed by atoms with van der Waals surface area (Å²) in [5, 5.41) is 8.54. The van der Waals surface area contributed by atoms with E-state index in [1.165, 1.54) is 14.2 Å². The van der Waals surface area contributed by atoms with Crippen LogP contribution in [0.2, 0.25) is 0 Å². The highest BCUT2D eigenvalue weighted by molar-refractivity contribution is 5.79. The molecule has 0 unspecified atom stereocenters. The van der Waals surface area contributed by atoms with Crippen molar-refractivity contribution in [2.24, 2.45) is 0 Å². The van der Waals surface area contributed by atoms with Gasteiger partial charge >= 0.3 is 12.1 Å². The molecule has 0 saturated carbocycles. The molecule has 2 aromatic rings. The molecular formula is C20H25N5O4. The highest BCUT2D eigenvalue weighted by Crippen LogP contribution is 2.31. The van der Waals surface area contributed by atoms with Crippen LogP contribution < -0.4 is 9.47 Å². The average Bonchev–Trinajstić information content (AvgIpc) is 3.17. The number of carbonyl (C=O) groups excluding carboxylic acids is 1. The number of amides is 1. The lowest BCUT2D eigenvalue weighted by Gasteiger charge is -2.24. The molecule has 154 valence electrons. The Bertz CT molecular complexity index is 952. The second-order valence-electron chi connectivity index (χ2n) is 7.60. The Morgan fingerprint density at radius 1 is 1.14 bits per heavy atom. The summed E-state index contributed by atoms with van der Waals surface area (Å²) in [6.07, 6.45) is 3.25. The summed E-state index contributed by atoms with van der Waals surface area (Å²) < 4.78 is 15.9. The number of methoxy groups -OCH3 is 2. The van der Waals surface area contributed by atoms with Gasteiger partial charge in [0.25, 0.3) is 0 Å². The van der Waals surface area contributed by atoms with Crippen molar-refractivity contribution in [3.63, 3.8) is 0 Å². The molecule has 0 aliphatic carbocycles. The van der Waals surface area contributed by atoms with E-state index in [2.05, 4.69) is 20.2 Å². The third-order valence-corrected chi connectivity index (χ3v) is 4.28. The second kappa shape index (κ2) is 8.02. The van der Waals surface area contributed by atoms with Gasteiger partial charge < -0.3 is 19.1 Å². The number of ether oxygens (including phenoxy) is 3. The summed E-state index contributed by atoms with van der Waals surface area (Å²) >= 11 is 0. The SMILES string of the molecule is COc1ncc(-c2cc(C3=CCN(C(=O)OC(C)(C)C)C3)c(C)nn2)c(OC)n1. The molecule has 0 radical (unpaired) electrons.